The number of aromatic hydroxyl groups is 1. The van der Waals surface area contributed by atoms with Crippen LogP contribution in [0.5, 0.6) is 17.2 Å². The Balaban J connectivity index is 1.73. The van der Waals surface area contributed by atoms with Gasteiger partial charge in [0, 0.05) is 38.3 Å². The van der Waals surface area contributed by atoms with E-state index in [0.29, 0.717) is 24.7 Å². The van der Waals surface area contributed by atoms with Crippen LogP contribution in [0.25, 0.3) is 0 Å². The molecule has 1 saturated heterocycles. The molecule has 110 valence electrons. The average molecular weight is 299 g/mol. The van der Waals surface area contributed by atoms with Gasteiger partial charge in [-0.1, -0.05) is 11.6 Å². The van der Waals surface area contributed by atoms with E-state index in [1.807, 2.05) is 6.07 Å². The lowest BCUT2D eigenvalue weighted by atomic mass is 10.1. The first kappa shape index (κ1) is 13.8. The van der Waals surface area contributed by atoms with Gasteiger partial charge in [-0.15, -0.1) is 0 Å². The van der Waals surface area contributed by atoms with Gasteiger partial charge in [-0.3, -0.25) is 0 Å². The van der Waals surface area contributed by atoms with Crippen LogP contribution in [0.4, 0.5) is 0 Å². The molecule has 5 nitrogen and oxygen atoms in total. The summed E-state index contributed by atoms with van der Waals surface area (Å²) in [5.41, 5.74) is 0.817. The number of hydrogen-bond acceptors (Lipinski definition) is 5. The molecule has 2 heterocycles. The molecule has 0 aliphatic carbocycles. The third-order valence-corrected chi connectivity index (χ3v) is 4.09. The standard InChI is InChI=1S/C14H19ClN2O3/c15-12-13(18)10(1-4-17-5-2-16-3-6-17)9-11-14(12)20-8-7-19-11/h9,16,18H,1-8H2. The van der Waals surface area contributed by atoms with Gasteiger partial charge in [0.1, 0.15) is 24.0 Å². The number of phenols is 1. The molecule has 0 amide bonds. The number of benzene rings is 1. The molecule has 2 N–H and O–H groups in total. The normalized spacial score (nSPS) is 19.1. The van der Waals surface area contributed by atoms with Gasteiger partial charge in [0.15, 0.2) is 11.5 Å². The van der Waals surface area contributed by atoms with Crippen molar-refractivity contribution in [3.63, 3.8) is 0 Å². The van der Waals surface area contributed by atoms with Gasteiger partial charge in [0.2, 0.25) is 0 Å². The molecule has 0 saturated carbocycles. The van der Waals surface area contributed by atoms with Crippen molar-refractivity contribution < 1.29 is 14.6 Å². The molecule has 1 aromatic rings. The van der Waals surface area contributed by atoms with Gasteiger partial charge >= 0.3 is 0 Å². The highest BCUT2D eigenvalue weighted by molar-refractivity contribution is 6.33. The zero-order valence-electron chi connectivity index (χ0n) is 11.3. The maximum absolute atomic E-state index is 10.2. The summed E-state index contributed by atoms with van der Waals surface area (Å²) in [6.45, 7) is 6.02. The second kappa shape index (κ2) is 6.08. The highest BCUT2D eigenvalue weighted by atomic mass is 35.5. The average Bonchev–Trinajstić information content (AvgIpc) is 2.50. The van der Waals surface area contributed by atoms with Crippen molar-refractivity contribution in [2.24, 2.45) is 0 Å². The van der Waals surface area contributed by atoms with Crippen LogP contribution in [0.15, 0.2) is 6.07 Å². The topological polar surface area (TPSA) is 54.0 Å². The van der Waals surface area contributed by atoms with E-state index < -0.39 is 0 Å². The zero-order chi connectivity index (χ0) is 13.9. The number of nitrogens with zero attached hydrogens (tertiary/aromatic N) is 1. The smallest absolute Gasteiger partial charge is 0.183 e. The second-order valence-electron chi connectivity index (χ2n) is 5.06. The van der Waals surface area contributed by atoms with Gasteiger partial charge < -0.3 is 24.8 Å². The Bertz CT molecular complexity index is 490. The number of hydrogen-bond donors (Lipinski definition) is 2. The fraction of sp³-hybridized carbons (Fsp3) is 0.571. The third-order valence-electron chi connectivity index (χ3n) is 3.73. The Hall–Kier alpha value is -1.17. The molecule has 0 radical (unpaired) electrons. The maximum Gasteiger partial charge on any atom is 0.183 e. The van der Waals surface area contributed by atoms with Gasteiger partial charge in [-0.25, -0.2) is 0 Å². The molecule has 0 spiro atoms. The molecule has 2 aliphatic heterocycles. The van der Waals surface area contributed by atoms with Crippen molar-refractivity contribution in [2.45, 2.75) is 6.42 Å². The molecule has 2 aliphatic rings. The highest BCUT2D eigenvalue weighted by Crippen LogP contribution is 2.45. The summed E-state index contributed by atoms with van der Waals surface area (Å²) in [5, 5.41) is 13.8. The van der Waals surface area contributed by atoms with Crippen LogP contribution in [0.1, 0.15) is 5.56 Å². The summed E-state index contributed by atoms with van der Waals surface area (Å²) in [5.74, 6) is 1.21. The number of nitrogens with one attached hydrogen (secondary N) is 1. The molecule has 1 aromatic carbocycles. The van der Waals surface area contributed by atoms with Crippen LogP contribution in [-0.4, -0.2) is 55.9 Å². The van der Waals surface area contributed by atoms with Crippen LogP contribution in [0.2, 0.25) is 5.02 Å². The van der Waals surface area contributed by atoms with Crippen molar-refractivity contribution in [1.29, 1.82) is 0 Å². The molecule has 6 heteroatoms. The molecule has 0 bridgehead atoms. The van der Waals surface area contributed by atoms with Crippen molar-refractivity contribution >= 4 is 11.6 Å². The first-order valence-corrected chi connectivity index (χ1v) is 7.36. The Kier molecular flexibility index (Phi) is 4.19. The molecular weight excluding hydrogens is 280 g/mol. The molecule has 0 unspecified atom stereocenters. The van der Waals surface area contributed by atoms with Gasteiger partial charge in [-0.05, 0) is 12.5 Å². The lowest BCUT2D eigenvalue weighted by Gasteiger charge is -2.27. The molecule has 1 fully saturated rings. The molecule has 20 heavy (non-hydrogen) atoms. The van der Waals surface area contributed by atoms with Crippen LogP contribution < -0.4 is 14.8 Å². The summed E-state index contributed by atoms with van der Waals surface area (Å²) in [6, 6.07) is 1.85. The summed E-state index contributed by atoms with van der Waals surface area (Å²) < 4.78 is 11.0. The van der Waals surface area contributed by atoms with Crippen molar-refractivity contribution in [1.82, 2.24) is 10.2 Å². The van der Waals surface area contributed by atoms with Crippen LogP contribution in [0, 0.1) is 0 Å². The fourth-order valence-electron chi connectivity index (χ4n) is 2.59. The molecule has 0 atom stereocenters. The van der Waals surface area contributed by atoms with Crippen molar-refractivity contribution in [2.75, 3.05) is 45.9 Å². The SMILES string of the molecule is Oc1c(CCN2CCNCC2)cc2c(c1Cl)OCCO2. The summed E-state index contributed by atoms with van der Waals surface area (Å²) >= 11 is 6.16. The van der Waals surface area contributed by atoms with Crippen LogP contribution >= 0.6 is 11.6 Å². The third kappa shape index (κ3) is 2.80. The molecule has 0 aromatic heterocycles. The van der Waals surface area contributed by atoms with Gasteiger partial charge in [-0.2, -0.15) is 0 Å². The Morgan fingerprint density at radius 2 is 2.00 bits per heavy atom. The minimum atomic E-state index is 0.117. The van der Waals surface area contributed by atoms with Crippen molar-refractivity contribution in [3.05, 3.63) is 16.7 Å². The summed E-state index contributed by atoms with van der Waals surface area (Å²) in [7, 11) is 0. The monoisotopic (exact) mass is 298 g/mol. The number of rotatable bonds is 3. The van der Waals surface area contributed by atoms with E-state index in [4.69, 9.17) is 21.1 Å². The van der Waals surface area contributed by atoms with E-state index in [1.54, 1.807) is 0 Å². The predicted octanol–water partition coefficient (Wildman–Crippen LogP) is 1.26. The van der Waals surface area contributed by atoms with E-state index in [2.05, 4.69) is 10.2 Å². The number of ether oxygens (including phenoxy) is 2. The first-order valence-electron chi connectivity index (χ1n) is 6.98. The van der Waals surface area contributed by atoms with E-state index in [-0.39, 0.29) is 10.8 Å². The lowest BCUT2D eigenvalue weighted by molar-refractivity contribution is 0.170. The number of halogens is 1. The fourth-order valence-corrected chi connectivity index (χ4v) is 2.86. The maximum atomic E-state index is 10.2. The lowest BCUT2D eigenvalue weighted by Crippen LogP contribution is -2.44. The Morgan fingerprint density at radius 3 is 2.80 bits per heavy atom. The Labute approximate surface area is 123 Å². The predicted molar refractivity (Wildman–Crippen MR) is 77.1 cm³/mol. The van der Waals surface area contributed by atoms with E-state index in [0.717, 1.165) is 44.7 Å². The van der Waals surface area contributed by atoms with Crippen LogP contribution in [-0.2, 0) is 6.42 Å². The Morgan fingerprint density at radius 1 is 1.25 bits per heavy atom. The van der Waals surface area contributed by atoms with E-state index in [1.165, 1.54) is 0 Å². The van der Waals surface area contributed by atoms with Crippen LogP contribution in [0.3, 0.4) is 0 Å². The van der Waals surface area contributed by atoms with Crippen molar-refractivity contribution in [3.8, 4) is 17.2 Å². The van der Waals surface area contributed by atoms with Gasteiger partial charge in [0.05, 0.1) is 0 Å². The van der Waals surface area contributed by atoms with Gasteiger partial charge in [0.25, 0.3) is 0 Å². The second-order valence-corrected chi connectivity index (χ2v) is 5.44. The zero-order valence-corrected chi connectivity index (χ0v) is 12.1. The number of piperazine rings is 1. The number of phenolic OH excluding ortho intramolecular Hbond substituents is 1. The van der Waals surface area contributed by atoms with E-state index in [9.17, 15) is 5.11 Å². The summed E-state index contributed by atoms with van der Waals surface area (Å²) in [4.78, 5) is 2.38. The number of fused-ring (bicyclic) bond motifs is 1. The summed E-state index contributed by atoms with van der Waals surface area (Å²) in [6.07, 6.45) is 0.752. The molecule has 3 rings (SSSR count). The largest absolute Gasteiger partial charge is 0.506 e. The quantitative estimate of drug-likeness (QED) is 0.880. The first-order chi connectivity index (χ1) is 9.75. The van der Waals surface area contributed by atoms with E-state index >= 15 is 0 Å². The minimum Gasteiger partial charge on any atom is -0.506 e. The highest BCUT2D eigenvalue weighted by Gasteiger charge is 2.22. The minimum absolute atomic E-state index is 0.117. The molecular formula is C14H19ClN2O3.